The monoisotopic (exact) mass is 400 g/mol. The zero-order valence-electron chi connectivity index (χ0n) is 17.3. The van der Waals surface area contributed by atoms with Crippen molar-refractivity contribution in [3.05, 3.63) is 89.7 Å². The Hall–Kier alpha value is -3.34. The minimum Gasteiger partial charge on any atom is -0.381 e. The number of aromatic nitrogens is 1. The van der Waals surface area contributed by atoms with Gasteiger partial charge in [-0.3, -0.25) is 9.78 Å². The molecule has 0 unspecified atom stereocenters. The molecule has 1 atom stereocenters. The first kappa shape index (κ1) is 20.0. The van der Waals surface area contributed by atoms with Crippen LogP contribution in [0.4, 0.5) is 11.4 Å². The number of amides is 1. The largest absolute Gasteiger partial charge is 0.381 e. The van der Waals surface area contributed by atoms with Crippen molar-refractivity contribution in [2.24, 2.45) is 5.92 Å². The van der Waals surface area contributed by atoms with Gasteiger partial charge in [-0.1, -0.05) is 18.2 Å². The van der Waals surface area contributed by atoms with Crippen molar-refractivity contribution in [2.45, 2.75) is 19.9 Å². The van der Waals surface area contributed by atoms with Crippen molar-refractivity contribution >= 4 is 17.3 Å². The van der Waals surface area contributed by atoms with Crippen molar-refractivity contribution < 1.29 is 4.79 Å². The van der Waals surface area contributed by atoms with Gasteiger partial charge in [-0.15, -0.1) is 0 Å². The van der Waals surface area contributed by atoms with Gasteiger partial charge in [-0.05, 0) is 72.9 Å². The van der Waals surface area contributed by atoms with Gasteiger partial charge in [0.05, 0.1) is 0 Å². The van der Waals surface area contributed by atoms with E-state index in [0.29, 0.717) is 18.0 Å². The number of rotatable bonds is 7. The van der Waals surface area contributed by atoms with Crippen molar-refractivity contribution in [1.82, 2.24) is 10.3 Å². The highest BCUT2D eigenvalue weighted by Gasteiger charge is 2.24. The summed E-state index contributed by atoms with van der Waals surface area (Å²) < 4.78 is 0. The Morgan fingerprint density at radius 1 is 1.07 bits per heavy atom. The molecule has 1 fully saturated rings. The lowest BCUT2D eigenvalue weighted by Gasteiger charge is -2.21. The SMILES string of the molecule is Cc1ccccc1N1CC[C@H](CNC(=O)c2ccc(NCc3ccncc3)cc2)C1. The molecule has 2 heterocycles. The molecule has 3 aromatic rings. The van der Waals surface area contributed by atoms with Crippen LogP contribution in [-0.4, -0.2) is 30.5 Å². The third-order valence-corrected chi connectivity index (χ3v) is 5.69. The maximum atomic E-state index is 12.5. The first-order valence-corrected chi connectivity index (χ1v) is 10.5. The van der Waals surface area contributed by atoms with Gasteiger partial charge in [0.1, 0.15) is 0 Å². The summed E-state index contributed by atoms with van der Waals surface area (Å²) in [6.45, 7) is 5.63. The predicted octanol–water partition coefficient (Wildman–Crippen LogP) is 4.26. The van der Waals surface area contributed by atoms with E-state index in [1.54, 1.807) is 12.4 Å². The quantitative estimate of drug-likeness (QED) is 0.622. The topological polar surface area (TPSA) is 57.3 Å². The first-order chi connectivity index (χ1) is 14.7. The normalized spacial score (nSPS) is 15.8. The highest BCUT2D eigenvalue weighted by atomic mass is 16.1. The van der Waals surface area contributed by atoms with Crippen molar-refractivity contribution in [3.8, 4) is 0 Å². The Balaban J connectivity index is 1.25. The fourth-order valence-corrected chi connectivity index (χ4v) is 3.92. The molecule has 154 valence electrons. The second-order valence-electron chi connectivity index (χ2n) is 7.88. The van der Waals surface area contributed by atoms with E-state index in [-0.39, 0.29) is 5.91 Å². The molecule has 4 rings (SSSR count). The van der Waals surface area contributed by atoms with Crippen LogP contribution in [0.25, 0.3) is 0 Å². The third kappa shape index (κ3) is 4.98. The van der Waals surface area contributed by atoms with Gasteiger partial charge in [0.2, 0.25) is 0 Å². The van der Waals surface area contributed by atoms with Crippen molar-refractivity contribution in [2.75, 3.05) is 29.9 Å². The molecule has 0 spiro atoms. The lowest BCUT2D eigenvalue weighted by Crippen LogP contribution is -2.31. The molecule has 1 amide bonds. The molecule has 0 saturated carbocycles. The van der Waals surface area contributed by atoms with Gasteiger partial charge in [0.25, 0.3) is 5.91 Å². The maximum absolute atomic E-state index is 12.5. The van der Waals surface area contributed by atoms with Crippen LogP contribution >= 0.6 is 0 Å². The van der Waals surface area contributed by atoms with Crippen LogP contribution in [0.1, 0.15) is 27.9 Å². The third-order valence-electron chi connectivity index (χ3n) is 5.69. The Labute approximate surface area is 178 Å². The van der Waals surface area contributed by atoms with Gasteiger partial charge in [-0.25, -0.2) is 0 Å². The van der Waals surface area contributed by atoms with Crippen LogP contribution in [0.2, 0.25) is 0 Å². The number of nitrogens with one attached hydrogen (secondary N) is 2. The van der Waals surface area contributed by atoms with Crippen LogP contribution in [0.5, 0.6) is 0 Å². The van der Waals surface area contributed by atoms with Gasteiger partial charge in [0.15, 0.2) is 0 Å². The molecule has 5 heteroatoms. The number of nitrogens with zero attached hydrogens (tertiary/aromatic N) is 2. The average molecular weight is 401 g/mol. The summed E-state index contributed by atoms with van der Waals surface area (Å²) in [5.74, 6) is 0.472. The summed E-state index contributed by atoms with van der Waals surface area (Å²) in [6.07, 6.45) is 4.68. The van der Waals surface area contributed by atoms with Crippen LogP contribution in [0.3, 0.4) is 0 Å². The van der Waals surface area contributed by atoms with Gasteiger partial charge in [-0.2, -0.15) is 0 Å². The number of hydrogen-bond donors (Lipinski definition) is 2. The van der Waals surface area contributed by atoms with E-state index in [2.05, 4.69) is 51.7 Å². The zero-order chi connectivity index (χ0) is 20.8. The molecular weight excluding hydrogens is 372 g/mol. The minimum absolute atomic E-state index is 0.00924. The molecule has 1 aliphatic rings. The van der Waals surface area contributed by atoms with E-state index in [1.807, 2.05) is 36.4 Å². The summed E-state index contributed by atoms with van der Waals surface area (Å²) >= 11 is 0. The molecule has 30 heavy (non-hydrogen) atoms. The molecule has 0 aliphatic carbocycles. The summed E-state index contributed by atoms with van der Waals surface area (Å²) in [7, 11) is 0. The summed E-state index contributed by atoms with van der Waals surface area (Å²) in [6, 6.07) is 20.1. The second-order valence-corrected chi connectivity index (χ2v) is 7.88. The van der Waals surface area contributed by atoms with Crippen molar-refractivity contribution in [3.63, 3.8) is 0 Å². The minimum atomic E-state index is -0.00924. The predicted molar refractivity (Wildman–Crippen MR) is 122 cm³/mol. The number of pyridine rings is 1. The van der Waals surface area contributed by atoms with Crippen molar-refractivity contribution in [1.29, 1.82) is 0 Å². The molecule has 5 nitrogen and oxygen atoms in total. The smallest absolute Gasteiger partial charge is 0.251 e. The van der Waals surface area contributed by atoms with E-state index >= 15 is 0 Å². The molecule has 0 bridgehead atoms. The van der Waals surface area contributed by atoms with Crippen LogP contribution in [-0.2, 0) is 6.54 Å². The average Bonchev–Trinajstić information content (AvgIpc) is 3.26. The Morgan fingerprint density at radius 2 is 1.83 bits per heavy atom. The lowest BCUT2D eigenvalue weighted by atomic mass is 10.1. The lowest BCUT2D eigenvalue weighted by molar-refractivity contribution is 0.0948. The van der Waals surface area contributed by atoms with Gasteiger partial charge >= 0.3 is 0 Å². The molecule has 2 aromatic carbocycles. The van der Waals surface area contributed by atoms with E-state index in [9.17, 15) is 4.79 Å². The van der Waals surface area contributed by atoms with Crippen LogP contribution in [0.15, 0.2) is 73.1 Å². The molecular formula is C25H28N4O. The number of para-hydroxylation sites is 1. The number of carbonyl (C=O) groups is 1. The maximum Gasteiger partial charge on any atom is 0.251 e. The van der Waals surface area contributed by atoms with Crippen LogP contribution in [0, 0.1) is 12.8 Å². The zero-order valence-corrected chi connectivity index (χ0v) is 17.3. The highest BCUT2D eigenvalue weighted by Crippen LogP contribution is 2.26. The summed E-state index contributed by atoms with van der Waals surface area (Å²) in [5, 5.41) is 6.48. The van der Waals surface area contributed by atoms with Gasteiger partial charge < -0.3 is 15.5 Å². The van der Waals surface area contributed by atoms with Gasteiger partial charge in [0, 0.05) is 55.5 Å². The fourth-order valence-electron chi connectivity index (χ4n) is 3.92. The van der Waals surface area contributed by atoms with Crippen LogP contribution < -0.4 is 15.5 Å². The van der Waals surface area contributed by atoms with E-state index in [4.69, 9.17) is 0 Å². The highest BCUT2D eigenvalue weighted by molar-refractivity contribution is 5.94. The number of hydrogen-bond acceptors (Lipinski definition) is 4. The second kappa shape index (κ2) is 9.44. The first-order valence-electron chi connectivity index (χ1n) is 10.5. The Bertz CT molecular complexity index is 972. The molecule has 0 radical (unpaired) electrons. The summed E-state index contributed by atoms with van der Waals surface area (Å²) in [4.78, 5) is 19.0. The molecule has 1 aliphatic heterocycles. The van der Waals surface area contributed by atoms with E-state index in [0.717, 1.165) is 31.7 Å². The Morgan fingerprint density at radius 3 is 2.60 bits per heavy atom. The van der Waals surface area contributed by atoms with E-state index < -0.39 is 0 Å². The van der Waals surface area contributed by atoms with E-state index in [1.165, 1.54) is 16.8 Å². The standard InChI is InChI=1S/C25H28N4O/c1-19-4-2-3-5-24(19)29-15-12-21(18-29)17-28-25(30)22-6-8-23(9-7-22)27-16-20-10-13-26-14-11-20/h2-11,13-14,21,27H,12,15-18H2,1H3,(H,28,30)/t21-/m1/s1. The number of anilines is 2. The molecule has 2 N–H and O–H groups in total. The summed E-state index contributed by atoms with van der Waals surface area (Å²) in [5.41, 5.74) is 5.47. The number of carbonyl (C=O) groups excluding carboxylic acids is 1. The number of aryl methyl sites for hydroxylation is 1. The molecule has 1 aromatic heterocycles. The molecule has 1 saturated heterocycles. The fraction of sp³-hybridized carbons (Fsp3) is 0.280. The Kier molecular flexibility index (Phi) is 6.28. The number of benzene rings is 2.